The van der Waals surface area contributed by atoms with Crippen LogP contribution in [0.3, 0.4) is 0 Å². The fourth-order valence-electron chi connectivity index (χ4n) is 1.69. The minimum absolute atomic E-state index is 0.0296. The first-order chi connectivity index (χ1) is 8.47. The summed E-state index contributed by atoms with van der Waals surface area (Å²) in [4.78, 5) is 0.0296. The molecule has 3 nitrogen and oxygen atoms in total. The highest BCUT2D eigenvalue weighted by molar-refractivity contribution is 7.72. The molecule has 2 rings (SSSR count). The lowest BCUT2D eigenvalue weighted by atomic mass is 10.0. The third-order valence-electron chi connectivity index (χ3n) is 2.60. The van der Waals surface area contributed by atoms with Gasteiger partial charge in [0.05, 0.1) is 4.90 Å². The van der Waals surface area contributed by atoms with Crippen molar-refractivity contribution in [2.24, 2.45) is 0 Å². The second-order valence-electron chi connectivity index (χ2n) is 3.96. The SMILES string of the molecule is Cc1cc(-c2cc(O)cc([SH](=O)=O)c2)ccc1F. The predicted molar refractivity (Wildman–Crippen MR) is 66.8 cm³/mol. The Morgan fingerprint density at radius 3 is 2.39 bits per heavy atom. The second kappa shape index (κ2) is 4.78. The lowest BCUT2D eigenvalue weighted by Crippen LogP contribution is -1.87. The molecule has 0 atom stereocenters. The number of phenols is 1. The molecule has 0 saturated carbocycles. The number of halogens is 1. The summed E-state index contributed by atoms with van der Waals surface area (Å²) in [5.74, 6) is -0.460. The Kier molecular flexibility index (Phi) is 3.34. The van der Waals surface area contributed by atoms with Crippen LogP contribution in [0.25, 0.3) is 11.1 Å². The van der Waals surface area contributed by atoms with Gasteiger partial charge >= 0.3 is 0 Å². The number of rotatable bonds is 2. The maximum Gasteiger partial charge on any atom is 0.168 e. The van der Waals surface area contributed by atoms with Gasteiger partial charge in [0.2, 0.25) is 0 Å². The summed E-state index contributed by atoms with van der Waals surface area (Å²) in [7, 11) is -2.77. The van der Waals surface area contributed by atoms with Crippen molar-refractivity contribution in [3.05, 3.63) is 47.8 Å². The fourth-order valence-corrected chi connectivity index (χ4v) is 2.17. The Bertz CT molecular complexity index is 670. The number of thiol groups is 1. The van der Waals surface area contributed by atoms with Gasteiger partial charge in [0.1, 0.15) is 11.6 Å². The molecule has 0 saturated heterocycles. The van der Waals surface area contributed by atoms with Crippen LogP contribution in [-0.4, -0.2) is 13.5 Å². The average Bonchev–Trinajstić information content (AvgIpc) is 2.31. The van der Waals surface area contributed by atoms with Crippen LogP contribution >= 0.6 is 0 Å². The summed E-state index contributed by atoms with van der Waals surface area (Å²) in [5.41, 5.74) is 1.65. The minimum Gasteiger partial charge on any atom is -0.508 e. The molecular formula is C13H11FO3S. The zero-order chi connectivity index (χ0) is 13.3. The van der Waals surface area contributed by atoms with Crippen molar-refractivity contribution in [2.45, 2.75) is 11.8 Å². The standard InChI is InChI=1S/C13H11FO3S/c1-8-4-9(2-3-13(8)14)10-5-11(15)7-12(6-10)18(16)17/h2-7,15,18H,1H3. The van der Waals surface area contributed by atoms with Crippen LogP contribution in [0.1, 0.15) is 5.56 Å². The first-order valence-corrected chi connectivity index (χ1v) is 6.40. The fraction of sp³-hybridized carbons (Fsp3) is 0.0769. The van der Waals surface area contributed by atoms with E-state index in [1.54, 1.807) is 19.1 Å². The van der Waals surface area contributed by atoms with Gasteiger partial charge in [-0.05, 0) is 53.9 Å². The Balaban J connectivity index is 2.59. The molecule has 18 heavy (non-hydrogen) atoms. The van der Waals surface area contributed by atoms with E-state index in [4.69, 9.17) is 0 Å². The number of hydrogen-bond acceptors (Lipinski definition) is 3. The molecule has 1 N–H and O–H groups in total. The molecule has 5 heteroatoms. The largest absolute Gasteiger partial charge is 0.508 e. The normalized spacial score (nSPS) is 10.8. The van der Waals surface area contributed by atoms with Gasteiger partial charge in [-0.2, -0.15) is 0 Å². The van der Waals surface area contributed by atoms with Gasteiger partial charge in [0, 0.05) is 0 Å². The molecule has 2 aromatic carbocycles. The van der Waals surface area contributed by atoms with Crippen LogP contribution in [-0.2, 0) is 10.7 Å². The summed E-state index contributed by atoms with van der Waals surface area (Å²) >= 11 is 0. The zero-order valence-electron chi connectivity index (χ0n) is 9.55. The molecule has 94 valence electrons. The van der Waals surface area contributed by atoms with Crippen LogP contribution in [0.5, 0.6) is 5.75 Å². The van der Waals surface area contributed by atoms with Gasteiger partial charge in [0.25, 0.3) is 0 Å². The van der Waals surface area contributed by atoms with E-state index in [0.29, 0.717) is 16.7 Å². The quantitative estimate of drug-likeness (QED) is 0.821. The highest BCUT2D eigenvalue weighted by atomic mass is 32.2. The van der Waals surface area contributed by atoms with E-state index in [1.807, 2.05) is 0 Å². The third-order valence-corrected chi connectivity index (χ3v) is 3.28. The Labute approximate surface area is 105 Å². The number of aryl methyl sites for hydroxylation is 1. The molecule has 0 amide bonds. The highest BCUT2D eigenvalue weighted by Gasteiger charge is 2.06. The Morgan fingerprint density at radius 1 is 1.06 bits per heavy atom. The molecule has 0 bridgehead atoms. The van der Waals surface area contributed by atoms with Gasteiger partial charge in [-0.15, -0.1) is 0 Å². The number of phenolic OH excluding ortho intramolecular Hbond substituents is 1. The van der Waals surface area contributed by atoms with Gasteiger partial charge in [-0.25, -0.2) is 12.8 Å². The number of aromatic hydroxyl groups is 1. The summed E-state index contributed by atoms with van der Waals surface area (Å²) in [6.07, 6.45) is 0. The smallest absolute Gasteiger partial charge is 0.168 e. The molecule has 0 aromatic heterocycles. The molecule has 0 unspecified atom stereocenters. The summed E-state index contributed by atoms with van der Waals surface area (Å²) in [6, 6.07) is 8.51. The summed E-state index contributed by atoms with van der Waals surface area (Å²) in [5, 5.41) is 9.49. The third kappa shape index (κ3) is 2.51. The van der Waals surface area contributed by atoms with E-state index in [0.717, 1.165) is 0 Å². The first kappa shape index (κ1) is 12.6. The molecular weight excluding hydrogens is 255 g/mol. The Morgan fingerprint density at radius 2 is 1.78 bits per heavy atom. The molecule has 0 heterocycles. The monoisotopic (exact) mass is 266 g/mol. The van der Waals surface area contributed by atoms with Crippen LogP contribution in [0.2, 0.25) is 0 Å². The molecule has 0 fully saturated rings. The van der Waals surface area contributed by atoms with Crippen molar-refractivity contribution in [3.63, 3.8) is 0 Å². The highest BCUT2D eigenvalue weighted by Crippen LogP contribution is 2.27. The van der Waals surface area contributed by atoms with Crippen LogP contribution < -0.4 is 0 Å². The second-order valence-corrected chi connectivity index (χ2v) is 4.99. The van der Waals surface area contributed by atoms with Crippen LogP contribution in [0.4, 0.5) is 4.39 Å². The molecule has 0 radical (unpaired) electrons. The lowest BCUT2D eigenvalue weighted by molar-refractivity contribution is 0.473. The topological polar surface area (TPSA) is 54.4 Å². The first-order valence-electron chi connectivity index (χ1n) is 5.22. The van der Waals surface area contributed by atoms with Crippen molar-refractivity contribution < 1.29 is 17.9 Å². The van der Waals surface area contributed by atoms with Crippen molar-refractivity contribution in [1.82, 2.24) is 0 Å². The molecule has 2 aromatic rings. The van der Waals surface area contributed by atoms with Gasteiger partial charge in [-0.3, -0.25) is 0 Å². The average molecular weight is 266 g/mol. The zero-order valence-corrected chi connectivity index (χ0v) is 10.4. The Hall–Kier alpha value is -1.88. The molecule has 0 spiro atoms. The number of benzene rings is 2. The number of hydrogen-bond donors (Lipinski definition) is 2. The maximum absolute atomic E-state index is 13.2. The van der Waals surface area contributed by atoms with Crippen molar-refractivity contribution in [2.75, 3.05) is 0 Å². The van der Waals surface area contributed by atoms with Gasteiger partial charge < -0.3 is 5.11 Å². The molecule has 0 aliphatic carbocycles. The molecule has 0 aliphatic rings. The van der Waals surface area contributed by atoms with E-state index in [2.05, 4.69) is 0 Å². The van der Waals surface area contributed by atoms with Gasteiger partial charge in [-0.1, -0.05) is 6.07 Å². The van der Waals surface area contributed by atoms with Crippen molar-refractivity contribution in [1.29, 1.82) is 0 Å². The van der Waals surface area contributed by atoms with Gasteiger partial charge in [0.15, 0.2) is 10.7 Å². The van der Waals surface area contributed by atoms with E-state index in [1.165, 1.54) is 24.3 Å². The van der Waals surface area contributed by atoms with E-state index < -0.39 is 10.7 Å². The summed E-state index contributed by atoms with van der Waals surface area (Å²) in [6.45, 7) is 1.62. The van der Waals surface area contributed by atoms with E-state index >= 15 is 0 Å². The van der Waals surface area contributed by atoms with Crippen LogP contribution in [0.15, 0.2) is 41.3 Å². The lowest BCUT2D eigenvalue weighted by Gasteiger charge is -2.05. The van der Waals surface area contributed by atoms with Crippen LogP contribution in [0, 0.1) is 12.7 Å². The maximum atomic E-state index is 13.2. The summed E-state index contributed by atoms with van der Waals surface area (Å²) < 4.78 is 35.0. The van der Waals surface area contributed by atoms with E-state index in [-0.39, 0.29) is 16.5 Å². The van der Waals surface area contributed by atoms with Crippen molar-refractivity contribution in [3.8, 4) is 16.9 Å². The minimum atomic E-state index is -2.77. The van der Waals surface area contributed by atoms with E-state index in [9.17, 15) is 17.9 Å². The predicted octanol–water partition coefficient (Wildman–Crippen LogP) is 2.48. The molecule has 0 aliphatic heterocycles. The van der Waals surface area contributed by atoms with Crippen molar-refractivity contribution >= 4 is 10.7 Å².